The average molecular weight is 371 g/mol. The summed E-state index contributed by atoms with van der Waals surface area (Å²) >= 11 is 1.48. The number of nitrogens with zero attached hydrogens (tertiary/aromatic N) is 2. The molecular formula is C14H15BrN2O3S. The van der Waals surface area contributed by atoms with Gasteiger partial charge in [0.15, 0.2) is 11.5 Å². The Balaban J connectivity index is 0.00000220. The van der Waals surface area contributed by atoms with Crippen molar-refractivity contribution in [3.05, 3.63) is 40.4 Å². The molecule has 0 bridgehead atoms. The Kier molecular flexibility index (Phi) is 5.92. The van der Waals surface area contributed by atoms with Gasteiger partial charge in [-0.15, -0.1) is 6.58 Å². The molecule has 21 heavy (non-hydrogen) atoms. The van der Waals surface area contributed by atoms with Gasteiger partial charge in [0.25, 0.3) is 0 Å². The molecule has 0 fully saturated rings. The highest BCUT2D eigenvalue weighted by Gasteiger charge is 2.14. The van der Waals surface area contributed by atoms with Gasteiger partial charge in [-0.25, -0.2) is 0 Å². The van der Waals surface area contributed by atoms with E-state index in [0.717, 1.165) is 10.0 Å². The summed E-state index contributed by atoms with van der Waals surface area (Å²) in [5.74, 6) is -0.729. The third-order valence-electron chi connectivity index (χ3n) is 2.64. The molecule has 2 rings (SSSR count). The van der Waals surface area contributed by atoms with Crippen LogP contribution in [0.15, 0.2) is 24.8 Å². The summed E-state index contributed by atoms with van der Waals surface area (Å²) in [5, 5.41) is 35.0. The summed E-state index contributed by atoms with van der Waals surface area (Å²) in [6.07, 6.45) is 5.00. The lowest BCUT2D eigenvalue weighted by Gasteiger charge is -2.01. The molecule has 1 aromatic heterocycles. The number of phenolic OH excluding ortho intramolecular Hbond substituents is 3. The van der Waals surface area contributed by atoms with Crippen LogP contribution in [0.5, 0.6) is 17.2 Å². The second-order valence-corrected chi connectivity index (χ2v) is 5.34. The maximum Gasteiger partial charge on any atom is 0.220 e. The van der Waals surface area contributed by atoms with Crippen LogP contribution in [0, 0.1) is 6.92 Å². The van der Waals surface area contributed by atoms with Crippen LogP contribution in [0.2, 0.25) is 0 Å². The first-order chi connectivity index (χ1) is 9.52. The standard InChI is InChI=1S/C14H14N2O3S.BrH/c1-3-8-16-13(20-9(2)15-16)7-4-10-11(17)5-6-12(18)14(10)19;/h3-7H,1,8H2,2H3,(H2-,17,18,19);1H. The maximum atomic E-state index is 9.74. The van der Waals surface area contributed by atoms with Crippen LogP contribution in [-0.2, 0) is 6.54 Å². The highest BCUT2D eigenvalue weighted by Crippen LogP contribution is 2.36. The zero-order valence-corrected chi connectivity index (χ0v) is 13.7. The maximum absolute atomic E-state index is 9.74. The molecule has 1 heterocycles. The third-order valence-corrected chi connectivity index (χ3v) is 3.57. The van der Waals surface area contributed by atoms with Crippen molar-refractivity contribution in [2.45, 2.75) is 13.5 Å². The normalized spacial score (nSPS) is 10.5. The topological polar surface area (TPSA) is 78.5 Å². The smallest absolute Gasteiger partial charge is 0.220 e. The van der Waals surface area contributed by atoms with Crippen LogP contribution in [0.4, 0.5) is 0 Å². The van der Waals surface area contributed by atoms with Crippen LogP contribution in [0.3, 0.4) is 0 Å². The van der Waals surface area contributed by atoms with Crippen molar-refractivity contribution in [3.8, 4) is 17.2 Å². The summed E-state index contributed by atoms with van der Waals surface area (Å²) in [4.78, 5) is 0. The average Bonchev–Trinajstić information content (AvgIpc) is 2.75. The molecular weight excluding hydrogens is 356 g/mol. The molecule has 0 aliphatic carbocycles. The van der Waals surface area contributed by atoms with Crippen molar-refractivity contribution in [1.29, 1.82) is 0 Å². The number of allylic oxidation sites excluding steroid dienone is 1. The van der Waals surface area contributed by atoms with E-state index in [0.29, 0.717) is 6.54 Å². The molecule has 0 unspecified atom stereocenters. The molecule has 2 aromatic rings. The fourth-order valence-corrected chi connectivity index (χ4v) is 2.52. The fraction of sp³-hybridized carbons (Fsp3) is 0.143. The Hall–Kier alpha value is -1.86. The molecule has 7 heteroatoms. The zero-order valence-electron chi connectivity index (χ0n) is 11.3. The van der Waals surface area contributed by atoms with Gasteiger partial charge < -0.3 is 32.3 Å². The second kappa shape index (κ2) is 7.24. The lowest BCUT2D eigenvalue weighted by atomic mass is 10.1. The Morgan fingerprint density at radius 2 is 2.00 bits per heavy atom. The number of aromatic nitrogens is 2. The number of phenols is 3. The predicted molar refractivity (Wildman–Crippen MR) is 79.8 cm³/mol. The van der Waals surface area contributed by atoms with E-state index in [9.17, 15) is 15.3 Å². The molecule has 0 radical (unpaired) electrons. The number of halogens is 1. The summed E-state index contributed by atoms with van der Waals surface area (Å²) in [5.41, 5.74) is 0.168. The van der Waals surface area contributed by atoms with Gasteiger partial charge in [0.2, 0.25) is 10.0 Å². The first-order valence-electron chi connectivity index (χ1n) is 5.93. The van der Waals surface area contributed by atoms with Crippen LogP contribution < -0.4 is 17.0 Å². The molecule has 0 aliphatic rings. The molecule has 0 amide bonds. The lowest BCUT2D eigenvalue weighted by Crippen LogP contribution is -3.00. The molecule has 0 saturated carbocycles. The first kappa shape index (κ1) is 17.2. The van der Waals surface area contributed by atoms with Crippen LogP contribution in [-0.4, -0.2) is 25.1 Å². The summed E-state index contributed by atoms with van der Waals surface area (Å²) in [6, 6.07) is 2.56. The van der Waals surface area contributed by atoms with Gasteiger partial charge in [-0.2, -0.15) is 4.68 Å². The highest BCUT2D eigenvalue weighted by molar-refractivity contribution is 7.12. The van der Waals surface area contributed by atoms with E-state index in [1.54, 1.807) is 16.8 Å². The second-order valence-electron chi connectivity index (χ2n) is 4.13. The monoisotopic (exact) mass is 370 g/mol. The molecule has 112 valence electrons. The van der Waals surface area contributed by atoms with E-state index in [4.69, 9.17) is 0 Å². The fourth-order valence-electron chi connectivity index (χ4n) is 1.72. The first-order valence-corrected chi connectivity index (χ1v) is 6.75. The molecule has 3 N–H and O–H groups in total. The van der Waals surface area contributed by atoms with E-state index in [-0.39, 0.29) is 39.8 Å². The van der Waals surface area contributed by atoms with E-state index in [1.807, 2.05) is 6.92 Å². The summed E-state index contributed by atoms with van der Waals surface area (Å²) < 4.78 is 1.76. The number of hydrogen-bond acceptors (Lipinski definition) is 5. The van der Waals surface area contributed by atoms with E-state index < -0.39 is 0 Å². The van der Waals surface area contributed by atoms with E-state index in [2.05, 4.69) is 11.7 Å². The van der Waals surface area contributed by atoms with Crippen molar-refractivity contribution in [1.82, 2.24) is 9.78 Å². The van der Waals surface area contributed by atoms with E-state index in [1.165, 1.54) is 29.5 Å². The minimum absolute atomic E-state index is 0. The molecule has 0 saturated heterocycles. The lowest BCUT2D eigenvalue weighted by molar-refractivity contribution is -0.00000687. The number of aryl methyl sites for hydroxylation is 1. The van der Waals surface area contributed by atoms with Crippen molar-refractivity contribution >= 4 is 23.5 Å². The van der Waals surface area contributed by atoms with Gasteiger partial charge in [-0.05, 0) is 12.1 Å². The van der Waals surface area contributed by atoms with E-state index >= 15 is 0 Å². The Bertz CT molecular complexity index is 683. The van der Waals surface area contributed by atoms with Gasteiger partial charge in [-0.1, -0.05) is 11.2 Å². The summed E-state index contributed by atoms with van der Waals surface area (Å²) in [6.45, 7) is 6.14. The molecule has 0 aliphatic heterocycles. The number of hydrogen-bond donors (Lipinski definition) is 3. The number of aromatic hydroxyl groups is 3. The summed E-state index contributed by atoms with van der Waals surface area (Å²) in [7, 11) is 0. The molecule has 0 atom stereocenters. The van der Waals surface area contributed by atoms with Gasteiger partial charge >= 0.3 is 0 Å². The van der Waals surface area contributed by atoms with Crippen LogP contribution >= 0.6 is 11.3 Å². The molecule has 1 aromatic carbocycles. The van der Waals surface area contributed by atoms with Crippen molar-refractivity contribution in [3.63, 3.8) is 0 Å². The highest BCUT2D eigenvalue weighted by atomic mass is 79.9. The Morgan fingerprint density at radius 3 is 2.67 bits per heavy atom. The van der Waals surface area contributed by atoms with Gasteiger partial charge in [-0.3, -0.25) is 0 Å². The molecule has 5 nitrogen and oxygen atoms in total. The quantitative estimate of drug-likeness (QED) is 0.306. The minimum atomic E-state index is -0.349. The minimum Gasteiger partial charge on any atom is -1.00 e. The third kappa shape index (κ3) is 3.83. The van der Waals surface area contributed by atoms with Gasteiger partial charge in [0.1, 0.15) is 11.3 Å². The predicted octanol–water partition coefficient (Wildman–Crippen LogP) is 0.0113. The van der Waals surface area contributed by atoms with Crippen molar-refractivity contribution in [2.24, 2.45) is 0 Å². The number of benzene rings is 1. The Labute approximate surface area is 136 Å². The van der Waals surface area contributed by atoms with Gasteiger partial charge in [0.05, 0.1) is 12.6 Å². The van der Waals surface area contributed by atoms with Crippen LogP contribution in [0.1, 0.15) is 15.6 Å². The largest absolute Gasteiger partial charge is 1.00 e. The molecule has 0 spiro atoms. The zero-order chi connectivity index (χ0) is 14.7. The van der Waals surface area contributed by atoms with Crippen molar-refractivity contribution in [2.75, 3.05) is 0 Å². The number of rotatable bonds is 4. The van der Waals surface area contributed by atoms with Crippen LogP contribution in [0.25, 0.3) is 12.2 Å². The SMILES string of the molecule is C=CCn1nc(C)s[c+]1C=Cc1c(O)ccc(O)c1O.[Br-]. The van der Waals surface area contributed by atoms with Gasteiger partial charge in [0, 0.05) is 24.3 Å². The van der Waals surface area contributed by atoms with Crippen molar-refractivity contribution < 1.29 is 32.3 Å². The Morgan fingerprint density at radius 1 is 1.33 bits per heavy atom.